The van der Waals surface area contributed by atoms with Crippen molar-refractivity contribution in [3.8, 4) is 45.3 Å². The second kappa shape index (κ2) is 11.0. The molecule has 0 radical (unpaired) electrons. The van der Waals surface area contributed by atoms with Gasteiger partial charge in [0.1, 0.15) is 22.5 Å². The van der Waals surface area contributed by atoms with Crippen LogP contribution in [0, 0.1) is 0 Å². The van der Waals surface area contributed by atoms with E-state index in [-0.39, 0.29) is 5.92 Å². The summed E-state index contributed by atoms with van der Waals surface area (Å²) in [5.74, 6) is 2.82. The third-order valence-electron chi connectivity index (χ3n) is 9.44. The third-order valence-corrected chi connectivity index (χ3v) is 9.44. The topological polar surface area (TPSA) is 65.0 Å². The van der Waals surface area contributed by atoms with E-state index in [2.05, 4.69) is 72.8 Å². The monoisotopic (exact) mass is 629 g/mol. The number of para-hydroxylation sites is 2. The first-order valence-electron chi connectivity index (χ1n) is 16.4. The van der Waals surface area contributed by atoms with Crippen LogP contribution in [-0.2, 0) is 0 Å². The van der Waals surface area contributed by atoms with Gasteiger partial charge in [-0.2, -0.15) is 0 Å². The molecule has 1 aliphatic carbocycles. The molecule has 5 heteroatoms. The minimum Gasteiger partial charge on any atom is -0.456 e. The molecule has 0 amide bonds. The standard InChI is InChI=1S/C44H27N3O2/c1-3-12-27(13-4-1)42-45-43(28-14-5-2-6-15-28)47-44(46-42)30-17-11-16-29(26-30)31-22-23-33(41-40(31)35-19-8-10-21-37(35)49-41)32-24-25-38-39(32)34-18-7-9-20-36(34)48-38/h1-26,32H. The Morgan fingerprint density at radius 1 is 0.469 bits per heavy atom. The van der Waals surface area contributed by atoms with Crippen LogP contribution >= 0.6 is 0 Å². The van der Waals surface area contributed by atoms with Gasteiger partial charge in [0.05, 0.1) is 0 Å². The van der Waals surface area contributed by atoms with Gasteiger partial charge in [0, 0.05) is 49.9 Å². The number of furan rings is 2. The van der Waals surface area contributed by atoms with Gasteiger partial charge >= 0.3 is 0 Å². The molecule has 230 valence electrons. The number of nitrogens with zero attached hydrogens (tertiary/aromatic N) is 3. The Kier molecular flexibility index (Phi) is 6.18. The smallest absolute Gasteiger partial charge is 0.164 e. The minimum absolute atomic E-state index is 0.0140. The lowest BCUT2D eigenvalue weighted by Crippen LogP contribution is -2.00. The Labute approximate surface area is 281 Å². The number of hydrogen-bond donors (Lipinski definition) is 0. The van der Waals surface area contributed by atoms with Gasteiger partial charge in [0.15, 0.2) is 17.5 Å². The molecule has 0 aliphatic heterocycles. The predicted molar refractivity (Wildman–Crippen MR) is 196 cm³/mol. The quantitative estimate of drug-likeness (QED) is 0.189. The molecule has 9 aromatic rings. The number of hydrogen-bond acceptors (Lipinski definition) is 5. The van der Waals surface area contributed by atoms with Gasteiger partial charge < -0.3 is 8.83 Å². The summed E-state index contributed by atoms with van der Waals surface area (Å²) >= 11 is 0. The van der Waals surface area contributed by atoms with Crippen molar-refractivity contribution in [3.05, 3.63) is 169 Å². The van der Waals surface area contributed by atoms with Gasteiger partial charge in [-0.3, -0.25) is 0 Å². The number of benzene rings is 6. The van der Waals surface area contributed by atoms with Gasteiger partial charge in [-0.05, 0) is 35.4 Å². The normalized spacial score (nSPS) is 13.8. The number of fused-ring (bicyclic) bond motifs is 6. The van der Waals surface area contributed by atoms with Gasteiger partial charge in [-0.1, -0.05) is 133 Å². The Morgan fingerprint density at radius 3 is 1.76 bits per heavy atom. The first-order valence-corrected chi connectivity index (χ1v) is 16.4. The maximum absolute atomic E-state index is 6.71. The fraction of sp³-hybridized carbons (Fsp3) is 0.0227. The molecule has 6 aromatic carbocycles. The van der Waals surface area contributed by atoms with Crippen LogP contribution in [0.3, 0.4) is 0 Å². The van der Waals surface area contributed by atoms with Crippen LogP contribution < -0.4 is 0 Å². The molecule has 49 heavy (non-hydrogen) atoms. The molecule has 0 spiro atoms. The molecular formula is C44H27N3O2. The zero-order chi connectivity index (χ0) is 32.3. The van der Waals surface area contributed by atoms with E-state index in [0.717, 1.165) is 72.0 Å². The van der Waals surface area contributed by atoms with E-state index in [1.165, 1.54) is 5.56 Å². The second-order valence-electron chi connectivity index (χ2n) is 12.3. The Morgan fingerprint density at radius 2 is 1.04 bits per heavy atom. The Hall–Kier alpha value is -6.59. The van der Waals surface area contributed by atoms with E-state index in [1.807, 2.05) is 84.9 Å². The molecule has 3 heterocycles. The van der Waals surface area contributed by atoms with Gasteiger partial charge in [0.25, 0.3) is 0 Å². The molecule has 0 fully saturated rings. The summed E-state index contributed by atoms with van der Waals surface area (Å²) in [6.07, 6.45) is 4.31. The molecule has 1 atom stereocenters. The molecule has 0 bridgehead atoms. The first-order chi connectivity index (χ1) is 24.3. The lowest BCUT2D eigenvalue weighted by molar-refractivity contribution is 0.601. The van der Waals surface area contributed by atoms with E-state index < -0.39 is 0 Å². The summed E-state index contributed by atoms with van der Waals surface area (Å²) in [5, 5.41) is 3.30. The zero-order valence-corrected chi connectivity index (χ0v) is 26.2. The van der Waals surface area contributed by atoms with Crippen LogP contribution in [0.4, 0.5) is 0 Å². The number of rotatable bonds is 5. The van der Waals surface area contributed by atoms with Crippen LogP contribution in [0.1, 0.15) is 22.8 Å². The van der Waals surface area contributed by atoms with E-state index in [9.17, 15) is 0 Å². The molecule has 1 unspecified atom stereocenters. The van der Waals surface area contributed by atoms with Crippen LogP contribution in [0.5, 0.6) is 0 Å². The molecule has 0 saturated carbocycles. The second-order valence-corrected chi connectivity index (χ2v) is 12.3. The highest BCUT2D eigenvalue weighted by molar-refractivity contribution is 6.14. The molecule has 0 saturated heterocycles. The van der Waals surface area contributed by atoms with E-state index in [1.54, 1.807) is 0 Å². The van der Waals surface area contributed by atoms with Crippen LogP contribution in [0.2, 0.25) is 0 Å². The van der Waals surface area contributed by atoms with Crippen molar-refractivity contribution < 1.29 is 8.83 Å². The molecular weight excluding hydrogens is 603 g/mol. The van der Waals surface area contributed by atoms with Gasteiger partial charge in [-0.25, -0.2) is 15.0 Å². The number of allylic oxidation sites excluding steroid dienone is 1. The SMILES string of the molecule is C1=CC(c2ccc(-c3cccc(-c4nc(-c5ccccc5)nc(-c5ccccc5)n4)c3)c3c2oc2ccccc23)c2c1oc1ccccc21. The summed E-state index contributed by atoms with van der Waals surface area (Å²) in [6, 6.07) is 49.6. The van der Waals surface area contributed by atoms with Crippen molar-refractivity contribution in [1.82, 2.24) is 15.0 Å². The largest absolute Gasteiger partial charge is 0.456 e. The number of aromatic nitrogens is 3. The summed E-state index contributed by atoms with van der Waals surface area (Å²) in [7, 11) is 0. The van der Waals surface area contributed by atoms with Crippen LogP contribution in [-0.4, -0.2) is 15.0 Å². The molecule has 1 aliphatic rings. The highest BCUT2D eigenvalue weighted by Crippen LogP contribution is 2.47. The highest BCUT2D eigenvalue weighted by Gasteiger charge is 2.29. The predicted octanol–water partition coefficient (Wildman–Crippen LogP) is 11.3. The average molecular weight is 630 g/mol. The van der Waals surface area contributed by atoms with Crippen molar-refractivity contribution in [3.63, 3.8) is 0 Å². The van der Waals surface area contributed by atoms with E-state index >= 15 is 0 Å². The van der Waals surface area contributed by atoms with Crippen molar-refractivity contribution in [2.24, 2.45) is 0 Å². The average Bonchev–Trinajstić information content (AvgIpc) is 3.88. The lowest BCUT2D eigenvalue weighted by Gasteiger charge is -2.14. The Bertz CT molecular complexity index is 2670. The van der Waals surface area contributed by atoms with Crippen molar-refractivity contribution in [1.29, 1.82) is 0 Å². The van der Waals surface area contributed by atoms with Crippen molar-refractivity contribution in [2.45, 2.75) is 5.92 Å². The Balaban J connectivity index is 1.15. The summed E-state index contributed by atoms with van der Waals surface area (Å²) in [6.45, 7) is 0. The summed E-state index contributed by atoms with van der Waals surface area (Å²) in [5.41, 5.74) is 9.88. The fourth-order valence-electron chi connectivity index (χ4n) is 7.17. The summed E-state index contributed by atoms with van der Waals surface area (Å²) in [4.78, 5) is 14.9. The van der Waals surface area contributed by atoms with Gasteiger partial charge in [-0.15, -0.1) is 0 Å². The first kappa shape index (κ1) is 27.5. The van der Waals surface area contributed by atoms with Crippen LogP contribution in [0.15, 0.2) is 161 Å². The fourth-order valence-corrected chi connectivity index (χ4v) is 7.17. The third kappa shape index (κ3) is 4.51. The molecule has 5 nitrogen and oxygen atoms in total. The maximum atomic E-state index is 6.71. The molecule has 10 rings (SSSR count). The maximum Gasteiger partial charge on any atom is 0.164 e. The van der Waals surface area contributed by atoms with Gasteiger partial charge in [0.2, 0.25) is 0 Å². The van der Waals surface area contributed by atoms with E-state index in [0.29, 0.717) is 17.5 Å². The van der Waals surface area contributed by atoms with Crippen LogP contribution in [0.25, 0.3) is 84.3 Å². The van der Waals surface area contributed by atoms with E-state index in [4.69, 9.17) is 23.8 Å². The summed E-state index contributed by atoms with van der Waals surface area (Å²) < 4.78 is 12.9. The highest BCUT2D eigenvalue weighted by atomic mass is 16.3. The minimum atomic E-state index is 0.0140. The van der Waals surface area contributed by atoms with Crippen molar-refractivity contribution >= 4 is 39.0 Å². The molecule has 3 aromatic heterocycles. The zero-order valence-electron chi connectivity index (χ0n) is 26.2. The molecule has 0 N–H and O–H groups in total. The lowest BCUT2D eigenvalue weighted by atomic mass is 9.88. The van der Waals surface area contributed by atoms with Crippen molar-refractivity contribution in [2.75, 3.05) is 0 Å².